The van der Waals surface area contributed by atoms with Gasteiger partial charge in [0.05, 0.1) is 17.9 Å². The fourth-order valence-corrected chi connectivity index (χ4v) is 3.70. The van der Waals surface area contributed by atoms with Crippen LogP contribution >= 0.6 is 0 Å². The van der Waals surface area contributed by atoms with Crippen molar-refractivity contribution in [2.45, 2.75) is 32.4 Å². The molecule has 0 spiro atoms. The van der Waals surface area contributed by atoms with Crippen molar-refractivity contribution in [3.63, 3.8) is 0 Å². The number of oxazole rings is 1. The van der Waals surface area contributed by atoms with Crippen LogP contribution in [0, 0.1) is 5.92 Å². The average molecular weight is 447 g/mol. The number of halogens is 3. The van der Waals surface area contributed by atoms with Crippen molar-refractivity contribution in [1.29, 1.82) is 0 Å². The highest BCUT2D eigenvalue weighted by atomic mass is 19.4. The molecule has 2 aromatic carbocycles. The predicted octanol–water partition coefficient (Wildman–Crippen LogP) is 5.49. The van der Waals surface area contributed by atoms with Crippen LogP contribution in [0.2, 0.25) is 0 Å². The lowest BCUT2D eigenvalue weighted by Gasteiger charge is -2.30. The van der Waals surface area contributed by atoms with Gasteiger partial charge < -0.3 is 19.4 Å². The zero-order valence-electron chi connectivity index (χ0n) is 17.6. The summed E-state index contributed by atoms with van der Waals surface area (Å²) in [6.45, 7) is 3.36. The maximum Gasteiger partial charge on any atom is 0.416 e. The van der Waals surface area contributed by atoms with Crippen molar-refractivity contribution in [3.8, 4) is 5.75 Å². The molecular weight excluding hydrogens is 423 g/mol. The lowest BCUT2D eigenvalue weighted by Crippen LogP contribution is -2.38. The minimum absolute atomic E-state index is 0.0413. The van der Waals surface area contributed by atoms with Gasteiger partial charge >= 0.3 is 6.18 Å². The van der Waals surface area contributed by atoms with Gasteiger partial charge in [-0.1, -0.05) is 19.1 Å². The molecule has 3 aromatic rings. The van der Waals surface area contributed by atoms with Gasteiger partial charge in [0.1, 0.15) is 11.3 Å². The van der Waals surface area contributed by atoms with Crippen LogP contribution in [-0.4, -0.2) is 30.6 Å². The predicted molar refractivity (Wildman–Crippen MR) is 115 cm³/mol. The first-order chi connectivity index (χ1) is 15.3. The van der Waals surface area contributed by atoms with E-state index in [4.69, 9.17) is 9.15 Å². The van der Waals surface area contributed by atoms with E-state index in [1.807, 2.05) is 36.1 Å². The van der Waals surface area contributed by atoms with Gasteiger partial charge in [-0.25, -0.2) is 0 Å². The Hall–Kier alpha value is -3.23. The van der Waals surface area contributed by atoms with Gasteiger partial charge in [0.15, 0.2) is 5.58 Å². The monoisotopic (exact) mass is 447 g/mol. The number of carbonyl (C=O) groups excluding carboxylic acids is 1. The van der Waals surface area contributed by atoms with Crippen molar-refractivity contribution in [2.24, 2.45) is 5.92 Å². The van der Waals surface area contributed by atoms with E-state index in [-0.39, 0.29) is 23.3 Å². The number of nitrogens with one attached hydrogen (secondary N) is 1. The van der Waals surface area contributed by atoms with Crippen LogP contribution in [0.5, 0.6) is 5.75 Å². The van der Waals surface area contributed by atoms with Crippen LogP contribution in [0.3, 0.4) is 0 Å². The highest BCUT2D eigenvalue weighted by molar-refractivity contribution is 5.94. The Labute approximate surface area is 183 Å². The highest BCUT2D eigenvalue weighted by Crippen LogP contribution is 2.36. The number of rotatable bonds is 6. The minimum atomic E-state index is -4.51. The number of fused-ring (bicyclic) bond motifs is 1. The van der Waals surface area contributed by atoms with Crippen LogP contribution < -0.4 is 15.0 Å². The zero-order valence-corrected chi connectivity index (χ0v) is 17.6. The number of ether oxygens (including phenoxy) is 1. The first-order valence-electron chi connectivity index (χ1n) is 10.6. The van der Waals surface area contributed by atoms with Crippen molar-refractivity contribution in [1.82, 2.24) is 4.98 Å². The molecule has 0 unspecified atom stereocenters. The third kappa shape index (κ3) is 4.81. The molecule has 0 atom stereocenters. The molecule has 4 rings (SSSR count). The Kier molecular flexibility index (Phi) is 6.25. The zero-order chi connectivity index (χ0) is 22.7. The Morgan fingerprint density at radius 1 is 1.22 bits per heavy atom. The molecule has 1 aliphatic heterocycles. The SMILES string of the molecule is CCCOc1ccc(C(F)(F)F)cc1NC(=O)C1CCN(c2nc3ccccc3o2)CC1. The second-order valence-corrected chi connectivity index (χ2v) is 7.77. The minimum Gasteiger partial charge on any atom is -0.491 e. The highest BCUT2D eigenvalue weighted by Gasteiger charge is 2.32. The normalized spacial score (nSPS) is 15.2. The molecule has 1 fully saturated rings. The number of nitrogens with zero attached hydrogens (tertiary/aromatic N) is 2. The smallest absolute Gasteiger partial charge is 0.416 e. The van der Waals surface area contributed by atoms with E-state index in [9.17, 15) is 18.0 Å². The average Bonchev–Trinajstić information content (AvgIpc) is 3.22. The van der Waals surface area contributed by atoms with Crippen LogP contribution in [-0.2, 0) is 11.0 Å². The number of carbonyl (C=O) groups is 1. The number of hydrogen-bond donors (Lipinski definition) is 1. The van der Waals surface area contributed by atoms with Gasteiger partial charge in [0.2, 0.25) is 5.91 Å². The molecule has 0 aliphatic carbocycles. The summed E-state index contributed by atoms with van der Waals surface area (Å²) in [5, 5.41) is 2.66. The Balaban J connectivity index is 1.43. The molecule has 0 bridgehead atoms. The summed E-state index contributed by atoms with van der Waals surface area (Å²) in [5.74, 6) is -0.413. The molecule has 0 radical (unpaired) electrons. The molecule has 170 valence electrons. The summed E-state index contributed by atoms with van der Waals surface area (Å²) in [4.78, 5) is 19.3. The van der Waals surface area contributed by atoms with Crippen LogP contribution in [0.1, 0.15) is 31.7 Å². The molecule has 1 N–H and O–H groups in total. The topological polar surface area (TPSA) is 67.6 Å². The quantitative estimate of drug-likeness (QED) is 0.541. The number of alkyl halides is 3. The number of hydrogen-bond acceptors (Lipinski definition) is 5. The van der Waals surface area contributed by atoms with E-state index in [0.717, 1.165) is 17.6 Å². The van der Waals surface area contributed by atoms with E-state index in [1.165, 1.54) is 6.07 Å². The first kappa shape index (κ1) is 22.0. The summed E-state index contributed by atoms with van der Waals surface area (Å²) < 4.78 is 50.8. The van der Waals surface area contributed by atoms with Crippen LogP contribution in [0.4, 0.5) is 24.9 Å². The van der Waals surface area contributed by atoms with Gasteiger partial charge in [-0.3, -0.25) is 4.79 Å². The molecule has 0 saturated carbocycles. The maximum atomic E-state index is 13.2. The largest absolute Gasteiger partial charge is 0.491 e. The number of amides is 1. The lowest BCUT2D eigenvalue weighted by molar-refractivity contribution is -0.137. The fourth-order valence-electron chi connectivity index (χ4n) is 3.70. The van der Waals surface area contributed by atoms with Gasteiger partial charge in [-0.2, -0.15) is 18.2 Å². The summed E-state index contributed by atoms with van der Waals surface area (Å²) in [7, 11) is 0. The van der Waals surface area contributed by atoms with Gasteiger partial charge in [-0.15, -0.1) is 0 Å². The van der Waals surface area contributed by atoms with Crippen molar-refractivity contribution in [3.05, 3.63) is 48.0 Å². The molecular formula is C23H24F3N3O3. The van der Waals surface area contributed by atoms with E-state index >= 15 is 0 Å². The van der Waals surface area contributed by atoms with Crippen molar-refractivity contribution >= 4 is 28.7 Å². The molecule has 6 nitrogen and oxygen atoms in total. The fraction of sp³-hybridized carbons (Fsp3) is 0.391. The number of piperidine rings is 1. The van der Waals surface area contributed by atoms with Crippen molar-refractivity contribution in [2.75, 3.05) is 29.9 Å². The van der Waals surface area contributed by atoms with E-state index in [2.05, 4.69) is 10.3 Å². The summed E-state index contributed by atoms with van der Waals surface area (Å²) in [6, 6.07) is 11.1. The molecule has 9 heteroatoms. The third-order valence-corrected chi connectivity index (χ3v) is 5.45. The second-order valence-electron chi connectivity index (χ2n) is 7.77. The Morgan fingerprint density at radius 3 is 2.66 bits per heavy atom. The van der Waals surface area contributed by atoms with Gasteiger partial charge in [-0.05, 0) is 49.6 Å². The molecule has 1 amide bonds. The number of benzene rings is 2. The van der Waals surface area contributed by atoms with Crippen molar-refractivity contribution < 1.29 is 27.1 Å². The van der Waals surface area contributed by atoms with Gasteiger partial charge in [0.25, 0.3) is 6.01 Å². The third-order valence-electron chi connectivity index (χ3n) is 5.45. The second kappa shape index (κ2) is 9.10. The Bertz CT molecular complexity index is 1060. The molecule has 1 aliphatic rings. The molecule has 32 heavy (non-hydrogen) atoms. The summed E-state index contributed by atoms with van der Waals surface area (Å²) >= 11 is 0. The number of aromatic nitrogens is 1. The number of anilines is 2. The summed E-state index contributed by atoms with van der Waals surface area (Å²) in [6.07, 6.45) is -2.74. The van der Waals surface area contributed by atoms with Crippen LogP contribution in [0.15, 0.2) is 46.9 Å². The lowest BCUT2D eigenvalue weighted by atomic mass is 9.96. The van der Waals surface area contributed by atoms with E-state index in [0.29, 0.717) is 50.6 Å². The molecule has 1 aromatic heterocycles. The maximum absolute atomic E-state index is 13.2. The van der Waals surface area contributed by atoms with E-state index in [1.54, 1.807) is 0 Å². The Morgan fingerprint density at radius 2 is 1.97 bits per heavy atom. The van der Waals surface area contributed by atoms with E-state index < -0.39 is 11.7 Å². The van der Waals surface area contributed by atoms with Gasteiger partial charge in [0, 0.05) is 19.0 Å². The molecule has 1 saturated heterocycles. The summed E-state index contributed by atoms with van der Waals surface area (Å²) in [5.41, 5.74) is 0.681. The molecule has 2 heterocycles. The standard InChI is InChI=1S/C23H24F3N3O3/c1-2-13-31-19-8-7-16(23(24,25)26)14-18(19)27-21(30)15-9-11-29(12-10-15)22-28-17-5-3-4-6-20(17)32-22/h3-8,14-15H,2,9-13H2,1H3,(H,27,30). The number of para-hydroxylation sites is 2. The van der Waals surface area contributed by atoms with Crippen LogP contribution in [0.25, 0.3) is 11.1 Å². The first-order valence-corrected chi connectivity index (χ1v) is 10.6.